The summed E-state index contributed by atoms with van der Waals surface area (Å²) in [6.07, 6.45) is 7.96. The maximum atomic E-state index is 5.64. The number of likely N-dealkylation sites (tertiary alicyclic amines) is 1. The molecule has 0 bridgehead atoms. The lowest BCUT2D eigenvalue weighted by molar-refractivity contribution is 0.217. The zero-order valence-corrected chi connectivity index (χ0v) is 11.9. The quantitative estimate of drug-likeness (QED) is 0.903. The van der Waals surface area contributed by atoms with Crippen molar-refractivity contribution in [1.29, 1.82) is 0 Å². The first-order valence-electron chi connectivity index (χ1n) is 7.91. The fourth-order valence-corrected chi connectivity index (χ4v) is 3.68. The van der Waals surface area contributed by atoms with E-state index < -0.39 is 0 Å². The fraction of sp³-hybridized carbons (Fsp3) is 0.647. The molecule has 1 fully saturated rings. The van der Waals surface area contributed by atoms with Gasteiger partial charge in [0.05, 0.1) is 0 Å². The molecule has 19 heavy (non-hydrogen) atoms. The van der Waals surface area contributed by atoms with Crippen LogP contribution in [0.5, 0.6) is 0 Å². The van der Waals surface area contributed by atoms with Crippen LogP contribution in [0.25, 0.3) is 0 Å². The summed E-state index contributed by atoms with van der Waals surface area (Å²) in [7, 11) is 0. The molecule has 0 spiro atoms. The lowest BCUT2D eigenvalue weighted by Gasteiger charge is -2.32. The molecular weight excluding hydrogens is 232 g/mol. The molecule has 1 aromatic rings. The van der Waals surface area contributed by atoms with Crippen molar-refractivity contribution in [2.45, 2.75) is 44.4 Å². The van der Waals surface area contributed by atoms with Gasteiger partial charge in [-0.15, -0.1) is 0 Å². The molecule has 3 rings (SSSR count). The van der Waals surface area contributed by atoms with Gasteiger partial charge in [-0.2, -0.15) is 0 Å². The van der Waals surface area contributed by atoms with E-state index in [1.165, 1.54) is 51.6 Å². The minimum Gasteiger partial charge on any atom is -0.329 e. The molecule has 1 aliphatic carbocycles. The van der Waals surface area contributed by atoms with Gasteiger partial charge >= 0.3 is 0 Å². The Balaban J connectivity index is 1.66. The summed E-state index contributed by atoms with van der Waals surface area (Å²) in [5, 5.41) is 0. The third kappa shape index (κ3) is 3.01. The van der Waals surface area contributed by atoms with Crippen LogP contribution in [-0.2, 0) is 12.8 Å². The third-order valence-electron chi connectivity index (χ3n) is 4.88. The van der Waals surface area contributed by atoms with Crippen molar-refractivity contribution in [3.05, 3.63) is 34.9 Å². The van der Waals surface area contributed by atoms with Crippen molar-refractivity contribution >= 4 is 0 Å². The molecule has 2 aliphatic rings. The number of nitrogens with two attached hydrogens (primary N) is 1. The zero-order valence-electron chi connectivity index (χ0n) is 11.9. The van der Waals surface area contributed by atoms with Crippen LogP contribution >= 0.6 is 0 Å². The molecule has 1 aromatic carbocycles. The van der Waals surface area contributed by atoms with Gasteiger partial charge in [0.1, 0.15) is 0 Å². The Labute approximate surface area is 117 Å². The number of aryl methyl sites for hydroxylation is 2. The van der Waals surface area contributed by atoms with Crippen molar-refractivity contribution in [1.82, 2.24) is 4.90 Å². The molecule has 0 saturated carbocycles. The lowest BCUT2D eigenvalue weighted by Crippen LogP contribution is -2.36. The van der Waals surface area contributed by atoms with Gasteiger partial charge in [-0.05, 0) is 74.2 Å². The van der Waals surface area contributed by atoms with Crippen LogP contribution in [0.1, 0.15) is 48.3 Å². The van der Waals surface area contributed by atoms with E-state index in [1.54, 1.807) is 16.7 Å². The molecule has 0 amide bonds. The van der Waals surface area contributed by atoms with Crippen LogP contribution in [0.15, 0.2) is 18.2 Å². The Morgan fingerprint density at radius 1 is 1.05 bits per heavy atom. The van der Waals surface area contributed by atoms with E-state index >= 15 is 0 Å². The van der Waals surface area contributed by atoms with Gasteiger partial charge in [-0.25, -0.2) is 0 Å². The zero-order chi connectivity index (χ0) is 13.1. The molecule has 104 valence electrons. The van der Waals surface area contributed by atoms with Gasteiger partial charge in [0.25, 0.3) is 0 Å². The summed E-state index contributed by atoms with van der Waals surface area (Å²) >= 11 is 0. The average molecular weight is 258 g/mol. The first kappa shape index (κ1) is 13.1. The topological polar surface area (TPSA) is 29.3 Å². The Kier molecular flexibility index (Phi) is 4.19. The maximum Gasteiger partial charge on any atom is 0.0105 e. The fourth-order valence-electron chi connectivity index (χ4n) is 3.68. The highest BCUT2D eigenvalue weighted by Gasteiger charge is 2.21. The summed E-state index contributed by atoms with van der Waals surface area (Å²) in [5.74, 6) is 0.779. The van der Waals surface area contributed by atoms with Crippen LogP contribution in [-0.4, -0.2) is 31.1 Å². The van der Waals surface area contributed by atoms with E-state index in [9.17, 15) is 0 Å². The molecule has 0 aromatic heterocycles. The summed E-state index contributed by atoms with van der Waals surface area (Å²) in [6.45, 7) is 4.30. The predicted molar refractivity (Wildman–Crippen MR) is 80.6 cm³/mol. The minimum atomic E-state index is 0.779. The molecule has 1 aliphatic heterocycles. The van der Waals surface area contributed by atoms with Crippen LogP contribution in [0, 0.1) is 0 Å². The smallest absolute Gasteiger partial charge is 0.0105 e. The number of benzene rings is 1. The minimum absolute atomic E-state index is 0.779. The van der Waals surface area contributed by atoms with Crippen molar-refractivity contribution in [2.75, 3.05) is 26.2 Å². The van der Waals surface area contributed by atoms with E-state index in [4.69, 9.17) is 5.73 Å². The Hall–Kier alpha value is -0.860. The normalized spacial score (nSPS) is 21.3. The van der Waals surface area contributed by atoms with Crippen molar-refractivity contribution in [3.8, 4) is 0 Å². The molecule has 0 unspecified atom stereocenters. The van der Waals surface area contributed by atoms with Gasteiger partial charge in [0.2, 0.25) is 0 Å². The van der Waals surface area contributed by atoms with Gasteiger partial charge in [-0.3, -0.25) is 0 Å². The second-order valence-corrected chi connectivity index (χ2v) is 6.14. The van der Waals surface area contributed by atoms with Gasteiger partial charge < -0.3 is 10.6 Å². The van der Waals surface area contributed by atoms with Gasteiger partial charge in [-0.1, -0.05) is 18.2 Å². The molecule has 2 heteroatoms. The highest BCUT2D eigenvalue weighted by atomic mass is 15.1. The molecule has 1 saturated heterocycles. The summed E-state index contributed by atoms with van der Waals surface area (Å²) in [4.78, 5) is 2.51. The monoisotopic (exact) mass is 258 g/mol. The van der Waals surface area contributed by atoms with Crippen molar-refractivity contribution < 1.29 is 0 Å². The maximum absolute atomic E-state index is 5.64. The largest absolute Gasteiger partial charge is 0.329 e. The van der Waals surface area contributed by atoms with E-state index in [0.717, 1.165) is 19.0 Å². The van der Waals surface area contributed by atoms with Crippen molar-refractivity contribution in [3.63, 3.8) is 0 Å². The van der Waals surface area contributed by atoms with E-state index in [-0.39, 0.29) is 0 Å². The first-order chi connectivity index (χ1) is 9.36. The molecule has 0 radical (unpaired) electrons. The van der Waals surface area contributed by atoms with Gasteiger partial charge in [0, 0.05) is 13.1 Å². The molecule has 1 heterocycles. The van der Waals surface area contributed by atoms with Crippen LogP contribution < -0.4 is 5.73 Å². The highest BCUT2D eigenvalue weighted by molar-refractivity contribution is 5.35. The highest BCUT2D eigenvalue weighted by Crippen LogP contribution is 2.31. The van der Waals surface area contributed by atoms with Crippen molar-refractivity contribution in [2.24, 2.45) is 5.73 Å². The van der Waals surface area contributed by atoms with Gasteiger partial charge in [0.15, 0.2) is 0 Å². The number of nitrogens with zero attached hydrogens (tertiary/aromatic N) is 1. The van der Waals surface area contributed by atoms with E-state index in [0.29, 0.717) is 0 Å². The molecular formula is C17H26N2. The molecule has 2 N–H and O–H groups in total. The Morgan fingerprint density at radius 3 is 2.53 bits per heavy atom. The third-order valence-corrected chi connectivity index (χ3v) is 4.88. The number of hydrogen-bond acceptors (Lipinski definition) is 2. The second-order valence-electron chi connectivity index (χ2n) is 6.14. The van der Waals surface area contributed by atoms with E-state index in [2.05, 4.69) is 23.1 Å². The number of hydrogen-bond donors (Lipinski definition) is 1. The summed E-state index contributed by atoms with van der Waals surface area (Å²) < 4.78 is 0. The lowest BCUT2D eigenvalue weighted by atomic mass is 9.84. The predicted octanol–water partition coefficient (Wildman–Crippen LogP) is 2.70. The number of rotatable bonds is 3. The number of fused-ring (bicyclic) bond motifs is 1. The van der Waals surface area contributed by atoms with Crippen LogP contribution in [0.3, 0.4) is 0 Å². The molecule has 0 atom stereocenters. The summed E-state index contributed by atoms with van der Waals surface area (Å²) in [5.41, 5.74) is 10.5. The standard InChI is InChI=1S/C17H26N2/c18-9-12-19-10-7-15(8-11-19)17-6-5-14-3-1-2-4-16(14)13-17/h5-6,13,15H,1-4,7-12,18H2. The van der Waals surface area contributed by atoms with Crippen LogP contribution in [0.4, 0.5) is 0 Å². The molecule has 2 nitrogen and oxygen atoms in total. The summed E-state index contributed by atoms with van der Waals surface area (Å²) in [6, 6.07) is 7.31. The van der Waals surface area contributed by atoms with E-state index in [1.807, 2.05) is 0 Å². The second kappa shape index (κ2) is 6.06. The first-order valence-corrected chi connectivity index (χ1v) is 7.91. The Bertz CT molecular complexity index is 419. The SMILES string of the molecule is NCCN1CCC(c2ccc3c(c2)CCCC3)CC1. The van der Waals surface area contributed by atoms with Crippen LogP contribution in [0.2, 0.25) is 0 Å². The average Bonchev–Trinajstić information content (AvgIpc) is 2.48. The number of piperidine rings is 1. The Morgan fingerprint density at radius 2 is 1.79 bits per heavy atom.